The number of anilines is 1. The fraction of sp³-hybridized carbons (Fsp3) is 0.182. The van der Waals surface area contributed by atoms with Gasteiger partial charge in [0.15, 0.2) is 0 Å². The first-order valence-corrected chi connectivity index (χ1v) is 9.77. The number of hydrogen-bond donors (Lipinski definition) is 0. The van der Waals surface area contributed by atoms with Gasteiger partial charge in [0, 0.05) is 5.56 Å². The summed E-state index contributed by atoms with van der Waals surface area (Å²) in [7, 11) is 3.29. The molecule has 6 heteroatoms. The van der Waals surface area contributed by atoms with Crippen molar-refractivity contribution in [2.45, 2.75) is 6.54 Å². The molecule has 0 aliphatic carbocycles. The van der Waals surface area contributed by atoms with Gasteiger partial charge in [-0.2, -0.15) is 0 Å². The number of rotatable bonds is 5. The summed E-state index contributed by atoms with van der Waals surface area (Å²) in [5.41, 5.74) is 3.76. The van der Waals surface area contributed by atoms with Gasteiger partial charge in [-0.25, -0.2) is 0 Å². The first-order chi connectivity index (χ1) is 13.7. The van der Waals surface area contributed by atoms with Crippen LogP contribution in [0.15, 0.2) is 65.0 Å². The van der Waals surface area contributed by atoms with E-state index in [1.54, 1.807) is 25.6 Å². The Morgan fingerprint density at radius 3 is 2.25 bits per heavy atom. The normalized spacial score (nSPS) is 13.6. The number of benzene rings is 2. The molecule has 142 valence electrons. The lowest BCUT2D eigenvalue weighted by molar-refractivity contribution is -0.117. The Hall–Kier alpha value is -3.12. The number of carbonyl (C=O) groups excluding carboxylic acids is 1. The summed E-state index contributed by atoms with van der Waals surface area (Å²) in [4.78, 5) is 20.3. The molecule has 0 saturated heterocycles. The van der Waals surface area contributed by atoms with E-state index < -0.39 is 0 Å². The van der Waals surface area contributed by atoms with Crippen molar-refractivity contribution in [2.24, 2.45) is 4.99 Å². The molecule has 1 aliphatic heterocycles. The molecular formula is C22H20N2O3S. The average molecular weight is 392 g/mol. The van der Waals surface area contributed by atoms with Gasteiger partial charge in [0.1, 0.15) is 18.0 Å². The Bertz CT molecular complexity index is 1010. The lowest BCUT2D eigenvalue weighted by Crippen LogP contribution is -2.31. The van der Waals surface area contributed by atoms with Crippen molar-refractivity contribution in [1.29, 1.82) is 0 Å². The molecule has 1 amide bonds. The Kier molecular flexibility index (Phi) is 5.12. The van der Waals surface area contributed by atoms with Crippen molar-refractivity contribution in [1.82, 2.24) is 0 Å². The van der Waals surface area contributed by atoms with Crippen LogP contribution in [0, 0.1) is 0 Å². The first-order valence-electron chi connectivity index (χ1n) is 8.89. The third-order valence-corrected chi connectivity index (χ3v) is 5.60. The zero-order chi connectivity index (χ0) is 19.5. The number of carbonyl (C=O) groups is 1. The summed E-state index contributed by atoms with van der Waals surface area (Å²) < 4.78 is 10.5. The van der Waals surface area contributed by atoms with Gasteiger partial charge in [-0.3, -0.25) is 9.79 Å². The smallest absolute Gasteiger partial charge is 0.249 e. The van der Waals surface area contributed by atoms with Gasteiger partial charge in [-0.1, -0.05) is 12.1 Å². The average Bonchev–Trinajstić information content (AvgIpc) is 3.17. The highest BCUT2D eigenvalue weighted by Gasteiger charge is 2.26. The van der Waals surface area contributed by atoms with Gasteiger partial charge in [-0.15, -0.1) is 11.3 Å². The minimum atomic E-state index is -0.0148. The number of nitrogens with zero attached hydrogens (tertiary/aromatic N) is 2. The van der Waals surface area contributed by atoms with E-state index in [9.17, 15) is 4.79 Å². The topological polar surface area (TPSA) is 51.1 Å². The number of aliphatic imine (C=N–C) groups is 1. The molecule has 0 unspecified atom stereocenters. The van der Waals surface area contributed by atoms with Gasteiger partial charge < -0.3 is 14.4 Å². The maximum atomic E-state index is 12.9. The van der Waals surface area contributed by atoms with E-state index in [-0.39, 0.29) is 12.5 Å². The Labute approximate surface area is 167 Å². The maximum absolute atomic E-state index is 12.9. The van der Waals surface area contributed by atoms with Crippen LogP contribution in [0.3, 0.4) is 0 Å². The molecule has 1 aliphatic rings. The van der Waals surface area contributed by atoms with Crippen molar-refractivity contribution in [3.63, 3.8) is 0 Å². The predicted octanol–water partition coefficient (Wildman–Crippen LogP) is 4.15. The highest BCUT2D eigenvalue weighted by atomic mass is 32.1. The Morgan fingerprint density at radius 1 is 0.964 bits per heavy atom. The SMILES string of the molecule is COc1ccc(CN2C(=O)CN=C(c3ccc(OC)cc3)c3sccc32)cc1. The van der Waals surface area contributed by atoms with E-state index in [2.05, 4.69) is 4.99 Å². The van der Waals surface area contributed by atoms with Crippen LogP contribution in [-0.2, 0) is 11.3 Å². The number of fused-ring (bicyclic) bond motifs is 1. The lowest BCUT2D eigenvalue weighted by Gasteiger charge is -2.21. The summed E-state index contributed by atoms with van der Waals surface area (Å²) in [5.74, 6) is 1.58. The largest absolute Gasteiger partial charge is 0.497 e. The summed E-state index contributed by atoms with van der Waals surface area (Å²) in [5, 5.41) is 2.00. The monoisotopic (exact) mass is 392 g/mol. The van der Waals surface area contributed by atoms with Gasteiger partial charge in [0.05, 0.1) is 37.0 Å². The molecule has 0 N–H and O–H groups in total. The van der Waals surface area contributed by atoms with Crippen LogP contribution in [0.2, 0.25) is 0 Å². The molecule has 0 radical (unpaired) electrons. The molecule has 0 saturated carbocycles. The quantitative estimate of drug-likeness (QED) is 0.655. The number of thiophene rings is 1. The molecule has 2 aromatic carbocycles. The van der Waals surface area contributed by atoms with Crippen molar-refractivity contribution >= 4 is 28.6 Å². The third kappa shape index (κ3) is 3.51. The van der Waals surface area contributed by atoms with Crippen molar-refractivity contribution in [2.75, 3.05) is 25.7 Å². The summed E-state index contributed by atoms with van der Waals surface area (Å²) in [6, 6.07) is 17.5. The second-order valence-electron chi connectivity index (χ2n) is 6.36. The Balaban J connectivity index is 1.67. The van der Waals surface area contributed by atoms with Crippen LogP contribution < -0.4 is 14.4 Å². The molecule has 2 heterocycles. The number of ether oxygens (including phenoxy) is 2. The van der Waals surface area contributed by atoms with Crippen molar-refractivity contribution < 1.29 is 14.3 Å². The van der Waals surface area contributed by atoms with E-state index in [0.29, 0.717) is 6.54 Å². The highest BCUT2D eigenvalue weighted by molar-refractivity contribution is 7.13. The van der Waals surface area contributed by atoms with Crippen molar-refractivity contribution in [3.8, 4) is 11.5 Å². The van der Waals surface area contributed by atoms with E-state index in [4.69, 9.17) is 9.47 Å². The molecule has 5 nitrogen and oxygen atoms in total. The van der Waals surface area contributed by atoms with Crippen LogP contribution in [0.25, 0.3) is 0 Å². The molecule has 0 atom stereocenters. The predicted molar refractivity (Wildman–Crippen MR) is 112 cm³/mol. The number of amides is 1. The van der Waals surface area contributed by atoms with E-state index in [0.717, 1.165) is 38.9 Å². The third-order valence-electron chi connectivity index (χ3n) is 4.69. The molecule has 28 heavy (non-hydrogen) atoms. The zero-order valence-electron chi connectivity index (χ0n) is 15.7. The van der Waals surface area contributed by atoms with Gasteiger partial charge in [0.2, 0.25) is 5.91 Å². The first kappa shape index (κ1) is 18.3. The van der Waals surface area contributed by atoms with Crippen LogP contribution in [0.1, 0.15) is 16.0 Å². The number of methoxy groups -OCH3 is 2. The Morgan fingerprint density at radius 2 is 1.61 bits per heavy atom. The van der Waals surface area contributed by atoms with Gasteiger partial charge >= 0.3 is 0 Å². The highest BCUT2D eigenvalue weighted by Crippen LogP contribution is 2.33. The maximum Gasteiger partial charge on any atom is 0.249 e. The lowest BCUT2D eigenvalue weighted by atomic mass is 10.1. The zero-order valence-corrected chi connectivity index (χ0v) is 16.5. The molecule has 0 bridgehead atoms. The van der Waals surface area contributed by atoms with Crippen molar-refractivity contribution in [3.05, 3.63) is 76.0 Å². The van der Waals surface area contributed by atoms with Crippen LogP contribution in [0.5, 0.6) is 11.5 Å². The van der Waals surface area contributed by atoms with E-state index in [1.807, 2.05) is 64.9 Å². The van der Waals surface area contributed by atoms with Gasteiger partial charge in [-0.05, 0) is 53.4 Å². The fourth-order valence-corrected chi connectivity index (χ4v) is 4.11. The minimum Gasteiger partial charge on any atom is -0.497 e. The van der Waals surface area contributed by atoms with Gasteiger partial charge in [0.25, 0.3) is 0 Å². The summed E-state index contributed by atoms with van der Waals surface area (Å²) >= 11 is 1.60. The van der Waals surface area contributed by atoms with Crippen LogP contribution in [-0.4, -0.2) is 32.4 Å². The molecule has 0 fully saturated rings. The van der Waals surface area contributed by atoms with E-state index in [1.165, 1.54) is 0 Å². The second-order valence-corrected chi connectivity index (χ2v) is 7.27. The summed E-state index contributed by atoms with van der Waals surface area (Å²) in [6.07, 6.45) is 0. The number of hydrogen-bond acceptors (Lipinski definition) is 5. The fourth-order valence-electron chi connectivity index (χ4n) is 3.19. The summed E-state index contributed by atoms with van der Waals surface area (Å²) in [6.45, 7) is 0.622. The molecule has 3 aromatic rings. The standard InChI is InChI=1S/C22H20N2O3S/c1-26-17-7-3-15(4-8-17)14-24-19-11-12-28-22(19)21(23-13-20(24)25)16-5-9-18(27-2)10-6-16/h3-12H,13-14H2,1-2H3. The minimum absolute atomic E-state index is 0.0148. The van der Waals surface area contributed by atoms with Crippen LogP contribution in [0.4, 0.5) is 5.69 Å². The van der Waals surface area contributed by atoms with Crippen LogP contribution >= 0.6 is 11.3 Å². The molecule has 1 aromatic heterocycles. The molecular weight excluding hydrogens is 372 g/mol. The molecule has 0 spiro atoms. The molecule has 4 rings (SSSR count). The van der Waals surface area contributed by atoms with E-state index >= 15 is 0 Å². The second kappa shape index (κ2) is 7.86.